The molecule has 5 nitrogen and oxygen atoms in total. The molecule has 1 aliphatic rings. The van der Waals surface area contributed by atoms with E-state index in [9.17, 15) is 9.59 Å². The number of anilines is 1. The van der Waals surface area contributed by atoms with Crippen molar-refractivity contribution in [1.82, 2.24) is 4.98 Å². The number of nitrogens with one attached hydrogen (secondary N) is 1. The molecule has 0 atom stereocenters. The molecule has 1 N–H and O–H groups in total. The number of hydrogen-bond donors (Lipinski definition) is 1. The van der Waals surface area contributed by atoms with Gasteiger partial charge >= 0.3 is 5.97 Å². The largest absolute Gasteiger partial charge is 0.466 e. The van der Waals surface area contributed by atoms with Crippen LogP contribution in [0.25, 0.3) is 0 Å². The summed E-state index contributed by atoms with van der Waals surface area (Å²) in [7, 11) is 0. The van der Waals surface area contributed by atoms with Gasteiger partial charge in [-0.1, -0.05) is 19.3 Å². The van der Waals surface area contributed by atoms with Gasteiger partial charge < -0.3 is 10.1 Å². The van der Waals surface area contributed by atoms with Gasteiger partial charge in [0, 0.05) is 10.6 Å². The van der Waals surface area contributed by atoms with Crippen molar-refractivity contribution in [3.05, 3.63) is 11.1 Å². The summed E-state index contributed by atoms with van der Waals surface area (Å²) in [6.45, 7) is 2.14. The van der Waals surface area contributed by atoms with E-state index in [1.165, 1.54) is 43.4 Å². The molecule has 0 radical (unpaired) electrons. The van der Waals surface area contributed by atoms with E-state index in [1.807, 2.05) is 0 Å². The second-order valence-corrected chi connectivity index (χ2v) is 7.39. The van der Waals surface area contributed by atoms with E-state index in [4.69, 9.17) is 4.74 Å². The highest BCUT2D eigenvalue weighted by Gasteiger charge is 2.16. The van der Waals surface area contributed by atoms with Crippen LogP contribution in [-0.4, -0.2) is 34.5 Å². The number of carbonyl (C=O) groups excluding carboxylic acids is 2. The molecule has 0 bridgehead atoms. The average Bonchev–Trinajstić information content (AvgIpc) is 2.93. The Hall–Kier alpha value is -1.08. The van der Waals surface area contributed by atoms with E-state index < -0.39 is 0 Å². The number of carbonyl (C=O) groups is 2. The summed E-state index contributed by atoms with van der Waals surface area (Å²) in [5.74, 6) is 0.156. The lowest BCUT2D eigenvalue weighted by atomic mass is 10.0. The molecule has 1 aliphatic carbocycles. The number of thiazole rings is 1. The number of rotatable bonds is 7. The third kappa shape index (κ3) is 5.96. The molecule has 22 heavy (non-hydrogen) atoms. The average molecular weight is 342 g/mol. The van der Waals surface area contributed by atoms with Gasteiger partial charge in [-0.15, -0.1) is 23.1 Å². The summed E-state index contributed by atoms with van der Waals surface area (Å²) in [6.07, 6.45) is 6.48. The summed E-state index contributed by atoms with van der Waals surface area (Å²) in [5.41, 5.74) is 0.638. The Balaban J connectivity index is 1.72. The molecule has 1 heterocycles. The molecule has 1 saturated carbocycles. The first-order valence-electron chi connectivity index (χ1n) is 7.69. The van der Waals surface area contributed by atoms with Crippen molar-refractivity contribution in [2.45, 2.75) is 50.7 Å². The predicted octanol–water partition coefficient (Wildman–Crippen LogP) is 3.25. The molecule has 122 valence electrons. The summed E-state index contributed by atoms with van der Waals surface area (Å²) >= 11 is 3.08. The maximum Gasteiger partial charge on any atom is 0.311 e. The molecule has 0 saturated heterocycles. The smallest absolute Gasteiger partial charge is 0.311 e. The van der Waals surface area contributed by atoms with Gasteiger partial charge in [0.2, 0.25) is 5.91 Å². The van der Waals surface area contributed by atoms with Crippen LogP contribution in [-0.2, 0) is 20.7 Å². The molecule has 0 aromatic carbocycles. The van der Waals surface area contributed by atoms with E-state index in [1.54, 1.807) is 24.1 Å². The lowest BCUT2D eigenvalue weighted by molar-refractivity contribution is -0.142. The van der Waals surface area contributed by atoms with Gasteiger partial charge in [-0.25, -0.2) is 4.98 Å². The number of esters is 1. The zero-order valence-corrected chi connectivity index (χ0v) is 14.4. The zero-order valence-electron chi connectivity index (χ0n) is 12.8. The highest BCUT2D eigenvalue weighted by Crippen LogP contribution is 2.28. The third-order valence-corrected chi connectivity index (χ3v) is 5.61. The van der Waals surface area contributed by atoms with Gasteiger partial charge in [0.1, 0.15) is 0 Å². The van der Waals surface area contributed by atoms with E-state index in [-0.39, 0.29) is 18.3 Å². The van der Waals surface area contributed by atoms with Crippen LogP contribution in [0.4, 0.5) is 5.13 Å². The Labute approximate surface area is 139 Å². The Morgan fingerprint density at radius 3 is 2.91 bits per heavy atom. The molecule has 0 spiro atoms. The van der Waals surface area contributed by atoms with Crippen molar-refractivity contribution in [3.63, 3.8) is 0 Å². The van der Waals surface area contributed by atoms with Gasteiger partial charge in [0.15, 0.2) is 5.13 Å². The number of amides is 1. The summed E-state index contributed by atoms with van der Waals surface area (Å²) < 4.78 is 4.88. The number of thioether (sulfide) groups is 1. The van der Waals surface area contributed by atoms with Gasteiger partial charge in [-0.3, -0.25) is 9.59 Å². The van der Waals surface area contributed by atoms with Crippen molar-refractivity contribution in [2.75, 3.05) is 17.7 Å². The number of aromatic nitrogens is 1. The second kappa shape index (κ2) is 9.15. The maximum absolute atomic E-state index is 11.9. The fraction of sp³-hybridized carbons (Fsp3) is 0.667. The summed E-state index contributed by atoms with van der Waals surface area (Å²) in [5, 5.41) is 5.75. The van der Waals surface area contributed by atoms with Crippen LogP contribution < -0.4 is 5.32 Å². The molecule has 1 fully saturated rings. The SMILES string of the molecule is CCOC(=O)Cc1csc(NC(=O)CSC2CCCCC2)n1. The van der Waals surface area contributed by atoms with Crippen molar-refractivity contribution in [1.29, 1.82) is 0 Å². The fourth-order valence-electron chi connectivity index (χ4n) is 2.39. The highest BCUT2D eigenvalue weighted by atomic mass is 32.2. The standard InChI is InChI=1S/C15H22N2O3S2/c1-2-20-14(19)8-11-9-22-15(16-11)17-13(18)10-21-12-6-4-3-5-7-12/h9,12H,2-8,10H2,1H3,(H,16,17,18). The van der Waals surface area contributed by atoms with Crippen molar-refractivity contribution in [2.24, 2.45) is 0 Å². The van der Waals surface area contributed by atoms with Crippen LogP contribution in [0, 0.1) is 0 Å². The molecule has 1 aromatic rings. The molecule has 0 unspecified atom stereocenters. The minimum Gasteiger partial charge on any atom is -0.466 e. The molecule has 1 aromatic heterocycles. The molecule has 7 heteroatoms. The van der Waals surface area contributed by atoms with Crippen LogP contribution >= 0.6 is 23.1 Å². The lowest BCUT2D eigenvalue weighted by Gasteiger charge is -2.20. The minimum absolute atomic E-state index is 0.0207. The third-order valence-electron chi connectivity index (χ3n) is 3.43. The first-order valence-corrected chi connectivity index (χ1v) is 9.61. The van der Waals surface area contributed by atoms with Crippen molar-refractivity contribution >= 4 is 40.1 Å². The topological polar surface area (TPSA) is 68.3 Å². The number of hydrogen-bond acceptors (Lipinski definition) is 6. The Morgan fingerprint density at radius 2 is 2.18 bits per heavy atom. The molecule has 2 rings (SSSR count). The predicted molar refractivity (Wildman–Crippen MR) is 90.4 cm³/mol. The molecular formula is C15H22N2O3S2. The van der Waals surface area contributed by atoms with Gasteiger partial charge in [0.25, 0.3) is 0 Å². The van der Waals surface area contributed by atoms with Gasteiger partial charge in [-0.2, -0.15) is 0 Å². The van der Waals surface area contributed by atoms with Gasteiger partial charge in [0.05, 0.1) is 24.5 Å². The van der Waals surface area contributed by atoms with E-state index in [0.29, 0.717) is 28.4 Å². The Bertz CT molecular complexity index is 499. The number of ether oxygens (including phenoxy) is 1. The first kappa shape index (κ1) is 17.3. The van der Waals surface area contributed by atoms with Crippen LogP contribution in [0.3, 0.4) is 0 Å². The van der Waals surface area contributed by atoms with Crippen molar-refractivity contribution in [3.8, 4) is 0 Å². The first-order chi connectivity index (χ1) is 10.7. The van der Waals surface area contributed by atoms with Gasteiger partial charge in [-0.05, 0) is 19.8 Å². The van der Waals surface area contributed by atoms with Crippen LogP contribution in [0.2, 0.25) is 0 Å². The quantitative estimate of drug-likeness (QED) is 0.770. The Morgan fingerprint density at radius 1 is 1.41 bits per heavy atom. The summed E-state index contributed by atoms with van der Waals surface area (Å²) in [4.78, 5) is 27.5. The molecular weight excluding hydrogens is 320 g/mol. The summed E-state index contributed by atoms with van der Waals surface area (Å²) in [6, 6.07) is 0. The zero-order chi connectivity index (χ0) is 15.8. The van der Waals surface area contributed by atoms with Crippen LogP contribution in [0.5, 0.6) is 0 Å². The molecule has 0 aliphatic heterocycles. The Kier molecular flexibility index (Phi) is 7.18. The second-order valence-electron chi connectivity index (χ2n) is 5.24. The van der Waals surface area contributed by atoms with E-state index in [2.05, 4.69) is 10.3 Å². The fourth-order valence-corrected chi connectivity index (χ4v) is 4.24. The van der Waals surface area contributed by atoms with Crippen LogP contribution in [0.15, 0.2) is 5.38 Å². The van der Waals surface area contributed by atoms with E-state index >= 15 is 0 Å². The monoisotopic (exact) mass is 342 g/mol. The lowest BCUT2D eigenvalue weighted by Crippen LogP contribution is -2.17. The molecule has 1 amide bonds. The highest BCUT2D eigenvalue weighted by molar-refractivity contribution is 8.00. The maximum atomic E-state index is 11.9. The normalized spacial score (nSPS) is 15.5. The number of nitrogens with zero attached hydrogens (tertiary/aromatic N) is 1. The van der Waals surface area contributed by atoms with Crippen molar-refractivity contribution < 1.29 is 14.3 Å². The van der Waals surface area contributed by atoms with Crippen LogP contribution in [0.1, 0.15) is 44.7 Å². The minimum atomic E-state index is -0.293. The van der Waals surface area contributed by atoms with E-state index in [0.717, 1.165) is 0 Å².